The van der Waals surface area contributed by atoms with Crippen LogP contribution in [-0.2, 0) is 11.0 Å². The van der Waals surface area contributed by atoms with Gasteiger partial charge in [0.1, 0.15) is 11.9 Å². The Balaban J connectivity index is 2.57. The first-order valence-corrected chi connectivity index (χ1v) is 6.52. The number of carboxylic acids is 1. The molecule has 0 amide bonds. The van der Waals surface area contributed by atoms with E-state index in [0.29, 0.717) is 5.56 Å². The molecule has 9 heteroatoms. The molecule has 1 atom stereocenters. The summed E-state index contributed by atoms with van der Waals surface area (Å²) in [6, 6.07) is 2.63. The third-order valence-corrected chi connectivity index (χ3v) is 3.24. The van der Waals surface area contributed by atoms with Crippen molar-refractivity contribution in [1.82, 2.24) is 15.0 Å². The van der Waals surface area contributed by atoms with Gasteiger partial charge in [-0.25, -0.2) is 14.8 Å². The van der Waals surface area contributed by atoms with Crippen LogP contribution in [0.2, 0.25) is 0 Å². The highest BCUT2D eigenvalue weighted by Gasteiger charge is 2.34. The first-order chi connectivity index (χ1) is 10.7. The number of nitrogens with zero attached hydrogens (tertiary/aromatic N) is 4. The van der Waals surface area contributed by atoms with Gasteiger partial charge in [0.15, 0.2) is 11.5 Å². The molecule has 0 aliphatic carbocycles. The molecule has 6 nitrogen and oxygen atoms in total. The van der Waals surface area contributed by atoms with Crippen molar-refractivity contribution in [2.45, 2.75) is 19.1 Å². The Morgan fingerprint density at radius 3 is 2.39 bits per heavy atom. The Morgan fingerprint density at radius 2 is 1.87 bits per heavy atom. The molecule has 2 heterocycles. The molecule has 1 N–H and O–H groups in total. The number of halogens is 3. The maximum absolute atomic E-state index is 13.0. The van der Waals surface area contributed by atoms with Gasteiger partial charge in [0, 0.05) is 31.1 Å². The number of alkyl halides is 3. The molecule has 0 saturated carbocycles. The van der Waals surface area contributed by atoms with Crippen LogP contribution in [0.15, 0.2) is 30.6 Å². The number of likely N-dealkylation sites (N-methyl/N-ethyl adjacent to an activating group) is 1. The van der Waals surface area contributed by atoms with Gasteiger partial charge in [-0.3, -0.25) is 4.98 Å². The van der Waals surface area contributed by atoms with Crippen LogP contribution < -0.4 is 4.90 Å². The lowest BCUT2D eigenvalue weighted by atomic mass is 10.2. The van der Waals surface area contributed by atoms with E-state index in [1.807, 2.05) is 0 Å². The predicted molar refractivity (Wildman–Crippen MR) is 75.8 cm³/mol. The minimum Gasteiger partial charge on any atom is -0.480 e. The monoisotopic (exact) mass is 326 g/mol. The SMILES string of the molecule is CC(C(=O)O)N(C)c1cc(C(F)(F)F)nc(-c2ccncc2)n1. The molecule has 2 aromatic rings. The first-order valence-electron chi connectivity index (χ1n) is 6.52. The number of aromatic nitrogens is 3. The fraction of sp³-hybridized carbons (Fsp3) is 0.286. The summed E-state index contributed by atoms with van der Waals surface area (Å²) >= 11 is 0. The highest BCUT2D eigenvalue weighted by Crippen LogP contribution is 2.31. The van der Waals surface area contributed by atoms with Crippen LogP contribution in [0.4, 0.5) is 19.0 Å². The quantitative estimate of drug-likeness (QED) is 0.930. The zero-order chi connectivity index (χ0) is 17.2. The second kappa shape index (κ2) is 6.19. The molecule has 0 fully saturated rings. The predicted octanol–water partition coefficient (Wildman–Crippen LogP) is 2.47. The van der Waals surface area contributed by atoms with Crippen LogP contribution in [0.1, 0.15) is 12.6 Å². The molecule has 0 saturated heterocycles. The van der Waals surface area contributed by atoms with Crippen LogP contribution >= 0.6 is 0 Å². The van der Waals surface area contributed by atoms with Gasteiger partial charge in [0.25, 0.3) is 0 Å². The third kappa shape index (κ3) is 3.74. The fourth-order valence-corrected chi connectivity index (χ4v) is 1.75. The van der Waals surface area contributed by atoms with E-state index in [1.165, 1.54) is 38.5 Å². The Kier molecular flexibility index (Phi) is 4.48. The summed E-state index contributed by atoms with van der Waals surface area (Å²) in [5.74, 6) is -1.46. The first kappa shape index (κ1) is 16.7. The second-order valence-corrected chi connectivity index (χ2v) is 4.79. The van der Waals surface area contributed by atoms with Gasteiger partial charge in [-0.2, -0.15) is 13.2 Å². The molecule has 23 heavy (non-hydrogen) atoms. The van der Waals surface area contributed by atoms with Gasteiger partial charge < -0.3 is 10.0 Å². The van der Waals surface area contributed by atoms with Gasteiger partial charge in [-0.1, -0.05) is 0 Å². The highest BCUT2D eigenvalue weighted by atomic mass is 19.4. The number of rotatable bonds is 4. The van der Waals surface area contributed by atoms with E-state index in [0.717, 1.165) is 11.0 Å². The lowest BCUT2D eigenvalue weighted by Gasteiger charge is -2.23. The lowest BCUT2D eigenvalue weighted by Crippen LogP contribution is -2.36. The summed E-state index contributed by atoms with van der Waals surface area (Å²) in [6.45, 7) is 1.35. The van der Waals surface area contributed by atoms with Crippen molar-refractivity contribution in [1.29, 1.82) is 0 Å². The average Bonchev–Trinajstić information content (AvgIpc) is 2.53. The van der Waals surface area contributed by atoms with Crippen molar-refractivity contribution in [3.8, 4) is 11.4 Å². The number of carboxylic acid groups (broad SMARTS) is 1. The van der Waals surface area contributed by atoms with Crippen LogP contribution in [-0.4, -0.2) is 39.1 Å². The number of aliphatic carboxylic acids is 1. The van der Waals surface area contributed by atoms with Crippen LogP contribution in [0.3, 0.4) is 0 Å². The number of hydrogen-bond donors (Lipinski definition) is 1. The standard InChI is InChI=1S/C14H13F3N4O2/c1-8(13(22)23)21(2)11-7-10(14(15,16)17)19-12(20-11)9-3-5-18-6-4-9/h3-8H,1-2H3,(H,22,23). The number of anilines is 1. The van der Waals surface area contributed by atoms with Crippen molar-refractivity contribution >= 4 is 11.8 Å². The van der Waals surface area contributed by atoms with Crippen LogP contribution in [0, 0.1) is 0 Å². The Labute approximate surface area is 129 Å². The molecule has 0 radical (unpaired) electrons. The van der Waals surface area contributed by atoms with Crippen LogP contribution in [0.25, 0.3) is 11.4 Å². The Morgan fingerprint density at radius 1 is 1.26 bits per heavy atom. The largest absolute Gasteiger partial charge is 0.480 e. The van der Waals surface area contributed by atoms with Crippen LogP contribution in [0.5, 0.6) is 0 Å². The summed E-state index contributed by atoms with van der Waals surface area (Å²) in [5.41, 5.74) is -0.789. The van der Waals surface area contributed by atoms with E-state index in [2.05, 4.69) is 15.0 Å². The second-order valence-electron chi connectivity index (χ2n) is 4.79. The zero-order valence-corrected chi connectivity index (χ0v) is 12.2. The average molecular weight is 326 g/mol. The number of hydrogen-bond acceptors (Lipinski definition) is 5. The zero-order valence-electron chi connectivity index (χ0n) is 12.2. The molecule has 1 unspecified atom stereocenters. The summed E-state index contributed by atoms with van der Waals surface area (Å²) in [6.07, 6.45) is -1.86. The minimum atomic E-state index is -4.67. The van der Waals surface area contributed by atoms with Crippen molar-refractivity contribution < 1.29 is 23.1 Å². The van der Waals surface area contributed by atoms with Crippen molar-refractivity contribution in [3.63, 3.8) is 0 Å². The molecule has 2 aromatic heterocycles. The van der Waals surface area contributed by atoms with Crippen molar-refractivity contribution in [2.75, 3.05) is 11.9 Å². The summed E-state index contributed by atoms with van der Waals surface area (Å²) < 4.78 is 39.1. The Hall–Kier alpha value is -2.71. The third-order valence-electron chi connectivity index (χ3n) is 3.24. The van der Waals surface area contributed by atoms with Crippen molar-refractivity contribution in [2.24, 2.45) is 0 Å². The van der Waals surface area contributed by atoms with Gasteiger partial charge in [0.05, 0.1) is 0 Å². The maximum atomic E-state index is 13.0. The number of carbonyl (C=O) groups is 1. The molecule has 0 spiro atoms. The molecule has 0 aliphatic heterocycles. The van der Waals surface area contributed by atoms with Gasteiger partial charge in [-0.15, -0.1) is 0 Å². The summed E-state index contributed by atoms with van der Waals surface area (Å²) in [4.78, 5) is 23.5. The van der Waals surface area contributed by atoms with Gasteiger partial charge >= 0.3 is 12.1 Å². The molecule has 122 valence electrons. The molecule has 0 aromatic carbocycles. The lowest BCUT2D eigenvalue weighted by molar-refractivity contribution is -0.141. The maximum Gasteiger partial charge on any atom is 0.433 e. The van der Waals surface area contributed by atoms with Gasteiger partial charge in [-0.05, 0) is 19.1 Å². The van der Waals surface area contributed by atoms with E-state index in [-0.39, 0.29) is 11.6 Å². The number of pyridine rings is 1. The smallest absolute Gasteiger partial charge is 0.433 e. The van der Waals surface area contributed by atoms with Gasteiger partial charge in [0.2, 0.25) is 0 Å². The molecular formula is C14H13F3N4O2. The fourth-order valence-electron chi connectivity index (χ4n) is 1.75. The minimum absolute atomic E-state index is 0.131. The Bertz CT molecular complexity index is 707. The van der Waals surface area contributed by atoms with E-state index in [4.69, 9.17) is 5.11 Å². The van der Waals surface area contributed by atoms with E-state index >= 15 is 0 Å². The molecule has 0 aliphatic rings. The van der Waals surface area contributed by atoms with E-state index in [9.17, 15) is 18.0 Å². The summed E-state index contributed by atoms with van der Waals surface area (Å²) in [7, 11) is 1.36. The van der Waals surface area contributed by atoms with E-state index < -0.39 is 23.9 Å². The highest BCUT2D eigenvalue weighted by molar-refractivity contribution is 5.77. The molecular weight excluding hydrogens is 313 g/mol. The van der Waals surface area contributed by atoms with Crippen molar-refractivity contribution in [3.05, 3.63) is 36.3 Å². The normalized spacial score (nSPS) is 12.7. The molecule has 0 bridgehead atoms. The molecule has 2 rings (SSSR count). The topological polar surface area (TPSA) is 79.2 Å². The van der Waals surface area contributed by atoms with E-state index in [1.54, 1.807) is 0 Å². The summed E-state index contributed by atoms with van der Waals surface area (Å²) in [5, 5.41) is 9.01.